The van der Waals surface area contributed by atoms with Crippen molar-refractivity contribution in [1.29, 1.82) is 0 Å². The minimum Gasteiger partial charge on any atom is -0.480 e. The second-order valence-corrected chi connectivity index (χ2v) is 5.06. The minimum atomic E-state index is -4.62. The van der Waals surface area contributed by atoms with E-state index in [0.29, 0.717) is 31.9 Å². The highest BCUT2D eigenvalue weighted by molar-refractivity contribution is 5.78. The summed E-state index contributed by atoms with van der Waals surface area (Å²) >= 11 is 0. The zero-order valence-corrected chi connectivity index (χ0v) is 11.2. The quantitative estimate of drug-likeness (QED) is 0.847. The molecule has 7 heteroatoms. The molecular formula is C14H15F4NO2. The third-order valence-corrected chi connectivity index (χ3v) is 3.62. The van der Waals surface area contributed by atoms with Crippen LogP contribution in [0.3, 0.4) is 0 Å². The molecule has 1 heterocycles. The number of halogens is 4. The molecule has 1 atom stereocenters. The van der Waals surface area contributed by atoms with Crippen LogP contribution in [-0.2, 0) is 11.0 Å². The Morgan fingerprint density at radius 2 is 1.95 bits per heavy atom. The van der Waals surface area contributed by atoms with Gasteiger partial charge in [0.25, 0.3) is 0 Å². The molecule has 0 bridgehead atoms. The number of rotatable bonds is 2. The SMILES string of the molecule is O=C(O)C1CCCCCN1c1ccc(C(F)(F)F)cc1F. The first-order chi connectivity index (χ1) is 9.80. The van der Waals surface area contributed by atoms with Crippen LogP contribution >= 0.6 is 0 Å². The van der Waals surface area contributed by atoms with Crippen LogP contribution in [-0.4, -0.2) is 23.7 Å². The van der Waals surface area contributed by atoms with Gasteiger partial charge < -0.3 is 10.0 Å². The van der Waals surface area contributed by atoms with E-state index in [9.17, 15) is 27.5 Å². The van der Waals surface area contributed by atoms with Crippen molar-refractivity contribution in [3.63, 3.8) is 0 Å². The number of carboxylic acid groups (broad SMARTS) is 1. The Morgan fingerprint density at radius 1 is 1.24 bits per heavy atom. The van der Waals surface area contributed by atoms with Gasteiger partial charge in [0.2, 0.25) is 0 Å². The number of hydrogen-bond acceptors (Lipinski definition) is 2. The molecule has 1 N–H and O–H groups in total. The van der Waals surface area contributed by atoms with Crippen LogP contribution in [0.25, 0.3) is 0 Å². The van der Waals surface area contributed by atoms with E-state index >= 15 is 0 Å². The average Bonchev–Trinajstić information content (AvgIpc) is 2.63. The van der Waals surface area contributed by atoms with Gasteiger partial charge in [0.05, 0.1) is 11.3 Å². The fourth-order valence-corrected chi connectivity index (χ4v) is 2.57. The van der Waals surface area contributed by atoms with Gasteiger partial charge in [-0.3, -0.25) is 0 Å². The van der Waals surface area contributed by atoms with E-state index in [2.05, 4.69) is 0 Å². The molecule has 21 heavy (non-hydrogen) atoms. The Morgan fingerprint density at radius 3 is 2.52 bits per heavy atom. The number of alkyl halides is 3. The number of carbonyl (C=O) groups is 1. The third kappa shape index (κ3) is 3.46. The molecule has 3 nitrogen and oxygen atoms in total. The van der Waals surface area contributed by atoms with E-state index in [4.69, 9.17) is 0 Å². The summed E-state index contributed by atoms with van der Waals surface area (Å²) in [4.78, 5) is 12.6. The topological polar surface area (TPSA) is 40.5 Å². The molecule has 1 aromatic carbocycles. The van der Waals surface area contributed by atoms with Crippen LogP contribution in [0.1, 0.15) is 31.2 Å². The molecule has 1 saturated heterocycles. The molecule has 0 aromatic heterocycles. The zero-order valence-electron chi connectivity index (χ0n) is 11.2. The van der Waals surface area contributed by atoms with Gasteiger partial charge in [-0.1, -0.05) is 12.8 Å². The predicted octanol–water partition coefficient (Wildman–Crippen LogP) is 3.68. The Hall–Kier alpha value is -1.79. The van der Waals surface area contributed by atoms with E-state index in [1.54, 1.807) is 0 Å². The molecular weight excluding hydrogens is 290 g/mol. The second-order valence-electron chi connectivity index (χ2n) is 5.06. The lowest BCUT2D eigenvalue weighted by atomic mass is 10.1. The van der Waals surface area contributed by atoms with E-state index < -0.39 is 29.6 Å². The van der Waals surface area contributed by atoms with Gasteiger partial charge in [0.1, 0.15) is 11.9 Å². The molecule has 0 spiro atoms. The molecule has 1 aliphatic rings. The van der Waals surface area contributed by atoms with Crippen molar-refractivity contribution >= 4 is 11.7 Å². The second kappa shape index (κ2) is 5.91. The molecule has 2 rings (SSSR count). The first-order valence-electron chi connectivity index (χ1n) is 6.67. The molecule has 1 aliphatic heterocycles. The summed E-state index contributed by atoms with van der Waals surface area (Å²) in [5.41, 5.74) is -1.16. The van der Waals surface area contributed by atoms with E-state index in [0.717, 1.165) is 18.6 Å². The van der Waals surface area contributed by atoms with Gasteiger partial charge in [0.15, 0.2) is 0 Å². The van der Waals surface area contributed by atoms with Gasteiger partial charge in [0, 0.05) is 6.54 Å². The van der Waals surface area contributed by atoms with Crippen LogP contribution in [0.4, 0.5) is 23.2 Å². The van der Waals surface area contributed by atoms with Crippen molar-refractivity contribution in [3.05, 3.63) is 29.6 Å². The van der Waals surface area contributed by atoms with Crippen LogP contribution < -0.4 is 4.90 Å². The number of hydrogen-bond donors (Lipinski definition) is 1. The van der Waals surface area contributed by atoms with E-state index in [1.807, 2.05) is 0 Å². The highest BCUT2D eigenvalue weighted by Gasteiger charge is 2.33. The monoisotopic (exact) mass is 305 g/mol. The first-order valence-corrected chi connectivity index (χ1v) is 6.67. The summed E-state index contributed by atoms with van der Waals surface area (Å²) < 4.78 is 51.6. The van der Waals surface area contributed by atoms with Crippen LogP contribution in [0.2, 0.25) is 0 Å². The van der Waals surface area contributed by atoms with Crippen LogP contribution in [0.15, 0.2) is 18.2 Å². The minimum absolute atomic E-state index is 0.0858. The van der Waals surface area contributed by atoms with Gasteiger partial charge in [-0.15, -0.1) is 0 Å². The maximum Gasteiger partial charge on any atom is 0.416 e. The molecule has 116 valence electrons. The molecule has 0 amide bonds. The number of benzene rings is 1. The summed E-state index contributed by atoms with van der Waals surface area (Å²) in [6.07, 6.45) is -2.05. The molecule has 1 fully saturated rings. The fourth-order valence-electron chi connectivity index (χ4n) is 2.57. The molecule has 0 radical (unpaired) electrons. The van der Waals surface area contributed by atoms with E-state index in [-0.39, 0.29) is 5.69 Å². The maximum atomic E-state index is 14.0. The number of anilines is 1. The lowest BCUT2D eigenvalue weighted by molar-refractivity contribution is -0.139. The third-order valence-electron chi connectivity index (χ3n) is 3.62. The molecule has 0 aliphatic carbocycles. The van der Waals surface area contributed by atoms with Crippen molar-refractivity contribution in [2.24, 2.45) is 0 Å². The molecule has 1 aromatic rings. The fraction of sp³-hybridized carbons (Fsp3) is 0.500. The normalized spacial score (nSPS) is 20.2. The first kappa shape index (κ1) is 15.6. The van der Waals surface area contributed by atoms with Gasteiger partial charge in [-0.2, -0.15) is 13.2 Å². The number of aliphatic carboxylic acids is 1. The smallest absolute Gasteiger partial charge is 0.416 e. The average molecular weight is 305 g/mol. The number of nitrogens with zero attached hydrogens (tertiary/aromatic N) is 1. The van der Waals surface area contributed by atoms with Crippen molar-refractivity contribution in [3.8, 4) is 0 Å². The maximum absolute atomic E-state index is 14.0. The largest absolute Gasteiger partial charge is 0.480 e. The molecule has 1 unspecified atom stereocenters. The summed E-state index contributed by atoms with van der Waals surface area (Å²) in [7, 11) is 0. The standard InChI is InChI=1S/C14H15F4NO2/c15-10-8-9(14(16,17)18)5-6-11(10)19-7-3-1-2-4-12(19)13(20)21/h5-6,8,12H,1-4,7H2,(H,20,21). The van der Waals surface area contributed by atoms with Gasteiger partial charge in [-0.25, -0.2) is 9.18 Å². The van der Waals surface area contributed by atoms with Gasteiger partial charge >= 0.3 is 12.1 Å². The van der Waals surface area contributed by atoms with Crippen LogP contribution in [0.5, 0.6) is 0 Å². The van der Waals surface area contributed by atoms with Crippen molar-refractivity contribution in [1.82, 2.24) is 0 Å². The lowest BCUT2D eigenvalue weighted by Gasteiger charge is -2.29. The Labute approximate surface area is 119 Å². The predicted molar refractivity (Wildman–Crippen MR) is 68.6 cm³/mol. The van der Waals surface area contributed by atoms with Gasteiger partial charge in [-0.05, 0) is 31.0 Å². The summed E-state index contributed by atoms with van der Waals surface area (Å²) in [6, 6.07) is 1.31. The lowest BCUT2D eigenvalue weighted by Crippen LogP contribution is -2.41. The summed E-state index contributed by atoms with van der Waals surface area (Å²) in [5.74, 6) is -2.13. The van der Waals surface area contributed by atoms with Crippen molar-refractivity contribution in [2.75, 3.05) is 11.4 Å². The van der Waals surface area contributed by atoms with Crippen molar-refractivity contribution in [2.45, 2.75) is 37.9 Å². The van der Waals surface area contributed by atoms with E-state index in [1.165, 1.54) is 4.90 Å². The van der Waals surface area contributed by atoms with Crippen molar-refractivity contribution < 1.29 is 27.5 Å². The number of carboxylic acids is 1. The summed E-state index contributed by atoms with van der Waals surface area (Å²) in [5, 5.41) is 9.23. The Bertz CT molecular complexity index is 530. The highest BCUT2D eigenvalue weighted by atomic mass is 19.4. The molecule has 0 saturated carbocycles. The Balaban J connectivity index is 2.36. The zero-order chi connectivity index (χ0) is 15.6. The Kier molecular flexibility index (Phi) is 4.39. The summed E-state index contributed by atoms with van der Waals surface area (Å²) in [6.45, 7) is 0.319. The van der Waals surface area contributed by atoms with Crippen LogP contribution in [0, 0.1) is 5.82 Å². The highest BCUT2D eigenvalue weighted by Crippen LogP contribution is 2.33.